The lowest BCUT2D eigenvalue weighted by Gasteiger charge is -2.22. The fourth-order valence-electron chi connectivity index (χ4n) is 1.82. The van der Waals surface area contributed by atoms with Crippen molar-refractivity contribution in [3.8, 4) is 5.75 Å². The van der Waals surface area contributed by atoms with E-state index in [0.717, 1.165) is 5.75 Å². The zero-order chi connectivity index (χ0) is 13.0. The van der Waals surface area contributed by atoms with Gasteiger partial charge in [-0.15, -0.1) is 0 Å². The van der Waals surface area contributed by atoms with Gasteiger partial charge in [0.1, 0.15) is 11.9 Å². The maximum Gasteiger partial charge on any atom is 0.211 e. The van der Waals surface area contributed by atoms with Gasteiger partial charge in [-0.05, 0) is 12.1 Å². The molecule has 1 aliphatic heterocycles. The van der Waals surface area contributed by atoms with Gasteiger partial charge in [0.05, 0.1) is 26.0 Å². The SMILES string of the molecule is CS(=O)(=O)N1CCOC[C@H](Oc2ccccc2)C1. The number of hydrogen-bond donors (Lipinski definition) is 0. The summed E-state index contributed by atoms with van der Waals surface area (Å²) in [6.07, 6.45) is 0.933. The molecule has 2 rings (SSSR count). The molecule has 0 unspecified atom stereocenters. The van der Waals surface area contributed by atoms with Crippen molar-refractivity contribution in [2.24, 2.45) is 0 Å². The number of hydrogen-bond acceptors (Lipinski definition) is 4. The second-order valence-electron chi connectivity index (χ2n) is 4.25. The van der Waals surface area contributed by atoms with E-state index in [1.165, 1.54) is 10.6 Å². The molecule has 6 heteroatoms. The smallest absolute Gasteiger partial charge is 0.211 e. The average Bonchev–Trinajstić information content (AvgIpc) is 2.55. The van der Waals surface area contributed by atoms with Crippen LogP contribution < -0.4 is 4.74 Å². The minimum atomic E-state index is -3.20. The van der Waals surface area contributed by atoms with Crippen molar-refractivity contribution in [1.29, 1.82) is 0 Å². The Hall–Kier alpha value is -1.11. The minimum Gasteiger partial charge on any atom is -0.487 e. The maximum atomic E-state index is 11.6. The summed E-state index contributed by atoms with van der Waals surface area (Å²) in [6.45, 7) is 1.52. The van der Waals surface area contributed by atoms with Crippen LogP contribution in [0.25, 0.3) is 0 Å². The molecule has 0 N–H and O–H groups in total. The molecule has 0 aliphatic carbocycles. The van der Waals surface area contributed by atoms with Crippen LogP contribution in [0.2, 0.25) is 0 Å². The highest BCUT2D eigenvalue weighted by Gasteiger charge is 2.25. The van der Waals surface area contributed by atoms with Gasteiger partial charge in [0.25, 0.3) is 0 Å². The lowest BCUT2D eigenvalue weighted by Crippen LogP contribution is -2.39. The van der Waals surface area contributed by atoms with Crippen molar-refractivity contribution in [3.63, 3.8) is 0 Å². The molecular weight excluding hydrogens is 254 g/mol. The first-order valence-corrected chi connectivity index (χ1v) is 7.65. The normalized spacial score (nSPS) is 22.4. The third-order valence-electron chi connectivity index (χ3n) is 2.71. The summed E-state index contributed by atoms with van der Waals surface area (Å²) in [6, 6.07) is 9.34. The second-order valence-corrected chi connectivity index (χ2v) is 6.23. The lowest BCUT2D eigenvalue weighted by atomic mass is 10.3. The number of nitrogens with zero attached hydrogens (tertiary/aromatic N) is 1. The zero-order valence-electron chi connectivity index (χ0n) is 10.3. The predicted octanol–water partition coefficient (Wildman–Crippen LogP) is 0.726. The Labute approximate surface area is 107 Å². The van der Waals surface area contributed by atoms with E-state index in [4.69, 9.17) is 9.47 Å². The molecule has 1 atom stereocenters. The highest BCUT2D eigenvalue weighted by molar-refractivity contribution is 7.88. The van der Waals surface area contributed by atoms with E-state index in [9.17, 15) is 8.42 Å². The summed E-state index contributed by atoms with van der Waals surface area (Å²) >= 11 is 0. The van der Waals surface area contributed by atoms with Gasteiger partial charge in [-0.25, -0.2) is 8.42 Å². The molecule has 0 amide bonds. The molecule has 1 aromatic rings. The van der Waals surface area contributed by atoms with Crippen molar-refractivity contribution in [3.05, 3.63) is 30.3 Å². The standard InChI is InChI=1S/C12H17NO4S/c1-18(14,15)13-7-8-16-10-12(9-13)17-11-5-3-2-4-6-11/h2-6,12H,7-10H2,1H3/t12-/m1/s1. The molecule has 1 saturated heterocycles. The molecule has 1 aromatic carbocycles. The molecule has 100 valence electrons. The van der Waals surface area contributed by atoms with E-state index in [1.54, 1.807) is 0 Å². The van der Waals surface area contributed by atoms with Crippen molar-refractivity contribution in [2.75, 3.05) is 32.6 Å². The Morgan fingerprint density at radius 1 is 1.33 bits per heavy atom. The van der Waals surface area contributed by atoms with Crippen molar-refractivity contribution >= 4 is 10.0 Å². The van der Waals surface area contributed by atoms with Gasteiger partial charge in [0, 0.05) is 6.54 Å². The highest BCUT2D eigenvalue weighted by Crippen LogP contribution is 2.14. The molecule has 0 aromatic heterocycles. The van der Waals surface area contributed by atoms with Crippen LogP contribution >= 0.6 is 0 Å². The molecule has 5 nitrogen and oxygen atoms in total. The Kier molecular flexibility index (Phi) is 4.21. The topological polar surface area (TPSA) is 55.8 Å². The van der Waals surface area contributed by atoms with Gasteiger partial charge in [0.2, 0.25) is 10.0 Å². The Bertz CT molecular complexity index is 474. The van der Waals surface area contributed by atoms with Crippen LogP contribution in [-0.2, 0) is 14.8 Å². The van der Waals surface area contributed by atoms with Crippen LogP contribution in [0.15, 0.2) is 30.3 Å². The first-order valence-electron chi connectivity index (χ1n) is 5.80. The highest BCUT2D eigenvalue weighted by atomic mass is 32.2. The summed E-state index contributed by atoms with van der Waals surface area (Å²) in [4.78, 5) is 0. The largest absolute Gasteiger partial charge is 0.487 e. The fraction of sp³-hybridized carbons (Fsp3) is 0.500. The monoisotopic (exact) mass is 271 g/mol. The number of rotatable bonds is 3. The average molecular weight is 271 g/mol. The van der Waals surface area contributed by atoms with Crippen molar-refractivity contribution in [1.82, 2.24) is 4.31 Å². The van der Waals surface area contributed by atoms with Crippen molar-refractivity contribution in [2.45, 2.75) is 6.10 Å². The number of ether oxygens (including phenoxy) is 2. The maximum absolute atomic E-state index is 11.6. The summed E-state index contributed by atoms with van der Waals surface area (Å²) in [7, 11) is -3.20. The van der Waals surface area contributed by atoms with Crippen LogP contribution in [0.1, 0.15) is 0 Å². The van der Waals surface area contributed by atoms with E-state index < -0.39 is 10.0 Å². The molecule has 1 heterocycles. The summed E-state index contributed by atoms with van der Waals surface area (Å²) in [5.74, 6) is 0.724. The Morgan fingerprint density at radius 2 is 2.06 bits per heavy atom. The van der Waals surface area contributed by atoms with Gasteiger partial charge >= 0.3 is 0 Å². The number of para-hydroxylation sites is 1. The quantitative estimate of drug-likeness (QED) is 0.813. The minimum absolute atomic E-state index is 0.273. The first-order chi connectivity index (χ1) is 8.55. The lowest BCUT2D eigenvalue weighted by molar-refractivity contribution is 0.0723. The van der Waals surface area contributed by atoms with E-state index >= 15 is 0 Å². The van der Waals surface area contributed by atoms with Crippen LogP contribution in [0, 0.1) is 0 Å². The third kappa shape index (κ3) is 3.69. The molecule has 0 bridgehead atoms. The van der Waals surface area contributed by atoms with E-state index in [0.29, 0.717) is 26.3 Å². The Balaban J connectivity index is 2.04. The third-order valence-corrected chi connectivity index (χ3v) is 3.98. The summed E-state index contributed by atoms with van der Waals surface area (Å²) in [5.41, 5.74) is 0. The summed E-state index contributed by atoms with van der Waals surface area (Å²) in [5, 5.41) is 0. The zero-order valence-corrected chi connectivity index (χ0v) is 11.1. The van der Waals surface area contributed by atoms with Crippen LogP contribution in [0.3, 0.4) is 0 Å². The van der Waals surface area contributed by atoms with Gasteiger partial charge in [0.15, 0.2) is 0 Å². The van der Waals surface area contributed by atoms with E-state index in [1.807, 2.05) is 30.3 Å². The van der Waals surface area contributed by atoms with Gasteiger partial charge in [-0.3, -0.25) is 0 Å². The molecule has 0 radical (unpaired) electrons. The molecule has 0 saturated carbocycles. The first kappa shape index (κ1) is 13.3. The number of benzene rings is 1. The van der Waals surface area contributed by atoms with Gasteiger partial charge in [-0.1, -0.05) is 18.2 Å². The predicted molar refractivity (Wildman–Crippen MR) is 68.1 cm³/mol. The van der Waals surface area contributed by atoms with Crippen LogP contribution in [0.4, 0.5) is 0 Å². The van der Waals surface area contributed by atoms with Crippen LogP contribution in [-0.4, -0.2) is 51.4 Å². The van der Waals surface area contributed by atoms with Gasteiger partial charge in [-0.2, -0.15) is 4.31 Å². The molecule has 0 spiro atoms. The molecule has 18 heavy (non-hydrogen) atoms. The van der Waals surface area contributed by atoms with E-state index in [2.05, 4.69) is 0 Å². The van der Waals surface area contributed by atoms with Gasteiger partial charge < -0.3 is 9.47 Å². The molecule has 1 fully saturated rings. The molecule has 1 aliphatic rings. The Morgan fingerprint density at radius 3 is 2.72 bits per heavy atom. The van der Waals surface area contributed by atoms with Crippen molar-refractivity contribution < 1.29 is 17.9 Å². The number of sulfonamides is 1. The molecular formula is C12H17NO4S. The second kappa shape index (κ2) is 5.69. The fourth-order valence-corrected chi connectivity index (χ4v) is 2.66. The summed E-state index contributed by atoms with van der Waals surface area (Å²) < 4.78 is 35.6. The van der Waals surface area contributed by atoms with E-state index in [-0.39, 0.29) is 6.10 Å². The van der Waals surface area contributed by atoms with Crippen LogP contribution in [0.5, 0.6) is 5.75 Å².